The Morgan fingerprint density at radius 3 is 2.71 bits per heavy atom. The highest BCUT2D eigenvalue weighted by Gasteiger charge is 2.29. The van der Waals surface area contributed by atoms with Gasteiger partial charge in [0.15, 0.2) is 0 Å². The zero-order valence-electron chi connectivity index (χ0n) is 15.1. The molecular formula is C18H29N5O. The topological polar surface area (TPSA) is 52.6 Å². The summed E-state index contributed by atoms with van der Waals surface area (Å²) in [5.41, 5.74) is 1.95. The van der Waals surface area contributed by atoms with Gasteiger partial charge in [0, 0.05) is 32.3 Å². The van der Waals surface area contributed by atoms with Crippen molar-refractivity contribution < 1.29 is 4.79 Å². The average Bonchev–Trinajstić information content (AvgIpc) is 3.05. The Morgan fingerprint density at radius 1 is 1.25 bits per heavy atom. The van der Waals surface area contributed by atoms with Crippen LogP contribution in [-0.4, -0.2) is 70.3 Å². The van der Waals surface area contributed by atoms with E-state index in [9.17, 15) is 4.79 Å². The third kappa shape index (κ3) is 3.92. The maximum absolute atomic E-state index is 11.8. The molecule has 1 aromatic rings. The Morgan fingerprint density at radius 2 is 2.00 bits per heavy atom. The number of likely N-dealkylation sites (tertiary alicyclic amines) is 2. The third-order valence-corrected chi connectivity index (χ3v) is 5.42. The number of nitrogens with zero attached hydrogens (tertiary/aromatic N) is 5. The molecule has 1 atom stereocenters. The summed E-state index contributed by atoms with van der Waals surface area (Å²) in [5, 5.41) is 0. The molecule has 0 saturated carbocycles. The Balaban J connectivity index is 1.66. The second-order valence-corrected chi connectivity index (χ2v) is 7.26. The molecule has 3 rings (SSSR count). The minimum absolute atomic E-state index is 0.101. The van der Waals surface area contributed by atoms with Crippen LogP contribution in [0.2, 0.25) is 0 Å². The van der Waals surface area contributed by atoms with E-state index < -0.39 is 0 Å². The molecule has 2 aliphatic rings. The van der Waals surface area contributed by atoms with Crippen LogP contribution in [-0.2, 0) is 11.3 Å². The second kappa shape index (κ2) is 7.57. The molecule has 0 bridgehead atoms. The van der Waals surface area contributed by atoms with Gasteiger partial charge in [0.05, 0.1) is 23.6 Å². The van der Waals surface area contributed by atoms with Crippen LogP contribution in [0, 0.1) is 0 Å². The van der Waals surface area contributed by atoms with Crippen molar-refractivity contribution in [3.63, 3.8) is 0 Å². The number of hydrogen-bond acceptors (Lipinski definition) is 5. The molecule has 0 unspecified atom stereocenters. The molecule has 0 N–H and O–H groups in total. The SMILES string of the molecule is CC(=O)N1CCC[C@H]1c1cncc(CN(C)C2CCN(C)CC2)n1. The van der Waals surface area contributed by atoms with E-state index in [1.807, 2.05) is 17.3 Å². The molecule has 0 aromatic carbocycles. The Bertz CT molecular complexity index is 570. The zero-order chi connectivity index (χ0) is 17.1. The van der Waals surface area contributed by atoms with Gasteiger partial charge in [-0.2, -0.15) is 0 Å². The lowest BCUT2D eigenvalue weighted by molar-refractivity contribution is -0.129. The minimum Gasteiger partial charge on any atom is -0.334 e. The van der Waals surface area contributed by atoms with Crippen LogP contribution < -0.4 is 0 Å². The van der Waals surface area contributed by atoms with Gasteiger partial charge in [0.2, 0.25) is 5.91 Å². The molecule has 6 heteroatoms. The van der Waals surface area contributed by atoms with E-state index in [-0.39, 0.29) is 11.9 Å². The molecule has 2 aliphatic heterocycles. The van der Waals surface area contributed by atoms with Crippen molar-refractivity contribution in [3.05, 3.63) is 23.8 Å². The number of aromatic nitrogens is 2. The third-order valence-electron chi connectivity index (χ3n) is 5.42. The van der Waals surface area contributed by atoms with Gasteiger partial charge in [-0.3, -0.25) is 19.7 Å². The lowest BCUT2D eigenvalue weighted by Crippen LogP contribution is -2.41. The van der Waals surface area contributed by atoms with Crippen molar-refractivity contribution in [1.82, 2.24) is 24.7 Å². The molecule has 24 heavy (non-hydrogen) atoms. The lowest BCUT2D eigenvalue weighted by Gasteiger charge is -2.35. The summed E-state index contributed by atoms with van der Waals surface area (Å²) in [6.07, 6.45) is 8.14. The van der Waals surface area contributed by atoms with Crippen LogP contribution in [0.15, 0.2) is 12.4 Å². The molecule has 0 spiro atoms. The number of rotatable bonds is 4. The first kappa shape index (κ1) is 17.3. The normalized spacial score (nSPS) is 23.2. The van der Waals surface area contributed by atoms with Gasteiger partial charge in [0.1, 0.15) is 0 Å². The van der Waals surface area contributed by atoms with Gasteiger partial charge in [-0.1, -0.05) is 0 Å². The molecule has 1 amide bonds. The zero-order valence-corrected chi connectivity index (χ0v) is 15.1. The van der Waals surface area contributed by atoms with E-state index in [4.69, 9.17) is 4.98 Å². The van der Waals surface area contributed by atoms with Gasteiger partial charge >= 0.3 is 0 Å². The first-order valence-electron chi connectivity index (χ1n) is 9.01. The summed E-state index contributed by atoms with van der Waals surface area (Å²) >= 11 is 0. The van der Waals surface area contributed by atoms with E-state index in [1.165, 1.54) is 12.8 Å². The Hall–Kier alpha value is -1.53. The molecule has 2 saturated heterocycles. The molecule has 132 valence electrons. The monoisotopic (exact) mass is 331 g/mol. The maximum Gasteiger partial charge on any atom is 0.220 e. The van der Waals surface area contributed by atoms with Gasteiger partial charge in [0.25, 0.3) is 0 Å². The Labute approximate surface area is 144 Å². The van der Waals surface area contributed by atoms with Crippen molar-refractivity contribution in [2.24, 2.45) is 0 Å². The Kier molecular flexibility index (Phi) is 5.46. The average molecular weight is 331 g/mol. The number of carbonyl (C=O) groups excluding carboxylic acids is 1. The van der Waals surface area contributed by atoms with Crippen molar-refractivity contribution in [2.75, 3.05) is 33.7 Å². The number of piperidine rings is 1. The number of carbonyl (C=O) groups is 1. The van der Waals surface area contributed by atoms with Crippen molar-refractivity contribution in [2.45, 2.75) is 51.2 Å². The van der Waals surface area contributed by atoms with E-state index in [2.05, 4.69) is 28.9 Å². The van der Waals surface area contributed by atoms with Crippen LogP contribution in [0.1, 0.15) is 50.0 Å². The predicted molar refractivity (Wildman–Crippen MR) is 93.4 cm³/mol. The smallest absolute Gasteiger partial charge is 0.220 e. The quantitative estimate of drug-likeness (QED) is 0.840. The predicted octanol–water partition coefficient (Wildman–Crippen LogP) is 1.69. The van der Waals surface area contributed by atoms with Crippen LogP contribution in [0.25, 0.3) is 0 Å². The fourth-order valence-corrected chi connectivity index (χ4v) is 3.93. The summed E-state index contributed by atoms with van der Waals surface area (Å²) in [7, 11) is 4.37. The maximum atomic E-state index is 11.8. The van der Waals surface area contributed by atoms with Crippen LogP contribution >= 0.6 is 0 Å². The standard InChI is InChI=1S/C18H29N5O/c1-14(24)23-8-4-5-18(23)17-12-19-11-15(20-17)13-22(3)16-6-9-21(2)10-7-16/h11-12,16,18H,4-10,13H2,1-3H3/t18-/m0/s1. The first-order valence-corrected chi connectivity index (χ1v) is 9.01. The summed E-state index contributed by atoms with van der Waals surface area (Å²) < 4.78 is 0. The van der Waals surface area contributed by atoms with E-state index in [0.717, 1.165) is 50.4 Å². The molecule has 2 fully saturated rings. The molecule has 0 radical (unpaired) electrons. The minimum atomic E-state index is 0.101. The fraction of sp³-hybridized carbons (Fsp3) is 0.722. The van der Waals surface area contributed by atoms with Crippen LogP contribution in [0.4, 0.5) is 0 Å². The molecule has 0 aliphatic carbocycles. The highest BCUT2D eigenvalue weighted by molar-refractivity contribution is 5.74. The first-order chi connectivity index (χ1) is 11.5. The molecular weight excluding hydrogens is 302 g/mol. The van der Waals surface area contributed by atoms with Gasteiger partial charge in [-0.25, -0.2) is 0 Å². The number of amides is 1. The summed E-state index contributed by atoms with van der Waals surface area (Å²) in [6, 6.07) is 0.718. The highest BCUT2D eigenvalue weighted by Crippen LogP contribution is 2.30. The van der Waals surface area contributed by atoms with E-state index in [1.54, 1.807) is 6.92 Å². The molecule has 6 nitrogen and oxygen atoms in total. The summed E-state index contributed by atoms with van der Waals surface area (Å²) in [6.45, 7) is 5.62. The van der Waals surface area contributed by atoms with Crippen molar-refractivity contribution in [1.29, 1.82) is 0 Å². The van der Waals surface area contributed by atoms with E-state index >= 15 is 0 Å². The van der Waals surface area contributed by atoms with Crippen LogP contribution in [0.5, 0.6) is 0 Å². The van der Waals surface area contributed by atoms with Crippen molar-refractivity contribution in [3.8, 4) is 0 Å². The fourth-order valence-electron chi connectivity index (χ4n) is 3.93. The molecule has 1 aromatic heterocycles. The van der Waals surface area contributed by atoms with Gasteiger partial charge < -0.3 is 9.80 Å². The largest absolute Gasteiger partial charge is 0.334 e. The summed E-state index contributed by atoms with van der Waals surface area (Å²) in [4.78, 5) is 27.7. The summed E-state index contributed by atoms with van der Waals surface area (Å²) in [5.74, 6) is 0.133. The van der Waals surface area contributed by atoms with Gasteiger partial charge in [-0.15, -0.1) is 0 Å². The van der Waals surface area contributed by atoms with E-state index in [0.29, 0.717) is 6.04 Å². The lowest BCUT2D eigenvalue weighted by atomic mass is 10.0. The highest BCUT2D eigenvalue weighted by atomic mass is 16.2. The molecule has 3 heterocycles. The van der Waals surface area contributed by atoms with Crippen LogP contribution in [0.3, 0.4) is 0 Å². The van der Waals surface area contributed by atoms with Gasteiger partial charge in [-0.05, 0) is 52.9 Å². The van der Waals surface area contributed by atoms with Crippen molar-refractivity contribution >= 4 is 5.91 Å². The second-order valence-electron chi connectivity index (χ2n) is 7.26. The number of hydrogen-bond donors (Lipinski definition) is 0.